The van der Waals surface area contributed by atoms with Crippen LogP contribution in [0.4, 0.5) is 0 Å². The highest BCUT2D eigenvalue weighted by molar-refractivity contribution is 7.12. The quantitative estimate of drug-likeness (QED) is 0.719. The van der Waals surface area contributed by atoms with Crippen LogP contribution in [0.1, 0.15) is 40.1 Å². The number of hydrogen-bond acceptors (Lipinski definition) is 8. The summed E-state index contributed by atoms with van der Waals surface area (Å²) in [5, 5.41) is 22.6. The van der Waals surface area contributed by atoms with E-state index in [1.54, 1.807) is 7.11 Å². The van der Waals surface area contributed by atoms with Crippen molar-refractivity contribution < 1.29 is 24.1 Å². The van der Waals surface area contributed by atoms with E-state index in [2.05, 4.69) is 15.5 Å². The van der Waals surface area contributed by atoms with E-state index in [9.17, 15) is 9.90 Å². The predicted octanol–water partition coefficient (Wildman–Crippen LogP) is 0.925. The third kappa shape index (κ3) is 3.52. The van der Waals surface area contributed by atoms with Gasteiger partial charge in [0.1, 0.15) is 30.5 Å². The van der Waals surface area contributed by atoms with Crippen molar-refractivity contribution >= 4 is 17.2 Å². The lowest BCUT2D eigenvalue weighted by molar-refractivity contribution is 0.0901. The topological polar surface area (TPSA) is 108 Å². The van der Waals surface area contributed by atoms with Crippen molar-refractivity contribution in [1.82, 2.24) is 20.1 Å². The maximum absolute atomic E-state index is 12.6. The molecule has 4 rings (SSSR count). The Kier molecular flexibility index (Phi) is 5.28. The van der Waals surface area contributed by atoms with Crippen molar-refractivity contribution in [2.24, 2.45) is 0 Å². The van der Waals surface area contributed by atoms with E-state index in [1.165, 1.54) is 11.3 Å². The van der Waals surface area contributed by atoms with Gasteiger partial charge in [0.15, 0.2) is 17.3 Å². The number of rotatable bonds is 7. The van der Waals surface area contributed by atoms with Gasteiger partial charge in [0.25, 0.3) is 5.91 Å². The van der Waals surface area contributed by atoms with E-state index in [4.69, 9.17) is 14.2 Å². The monoisotopic (exact) mass is 394 g/mol. The SMILES string of the molecule is COCCn1c(CO)nnc1C1CC(NC(=O)c2scc3c2OCCO3)C1. The molecule has 1 fully saturated rings. The number of thiophene rings is 1. The fraction of sp³-hybridized carbons (Fsp3) is 0.588. The Balaban J connectivity index is 1.37. The maximum atomic E-state index is 12.6. The summed E-state index contributed by atoms with van der Waals surface area (Å²) in [7, 11) is 1.63. The smallest absolute Gasteiger partial charge is 0.265 e. The van der Waals surface area contributed by atoms with Crippen LogP contribution in [0.2, 0.25) is 0 Å². The van der Waals surface area contributed by atoms with Crippen LogP contribution in [-0.2, 0) is 17.9 Å². The lowest BCUT2D eigenvalue weighted by Gasteiger charge is -2.35. The van der Waals surface area contributed by atoms with Crippen LogP contribution in [0.3, 0.4) is 0 Å². The first kappa shape index (κ1) is 18.2. The molecule has 0 aromatic carbocycles. The van der Waals surface area contributed by atoms with Gasteiger partial charge < -0.3 is 29.2 Å². The Hall–Kier alpha value is -2.17. The lowest BCUT2D eigenvalue weighted by atomic mass is 9.79. The minimum Gasteiger partial charge on any atom is -0.485 e. The molecule has 0 unspecified atom stereocenters. The average Bonchev–Trinajstić information content (AvgIpc) is 3.26. The number of nitrogens with one attached hydrogen (secondary N) is 1. The molecule has 1 saturated carbocycles. The van der Waals surface area contributed by atoms with E-state index < -0.39 is 0 Å². The van der Waals surface area contributed by atoms with E-state index in [0.717, 1.165) is 18.7 Å². The third-order valence-electron chi connectivity index (χ3n) is 4.86. The number of fused-ring (bicyclic) bond motifs is 1. The highest BCUT2D eigenvalue weighted by atomic mass is 32.1. The molecule has 1 aliphatic heterocycles. The molecule has 27 heavy (non-hydrogen) atoms. The summed E-state index contributed by atoms with van der Waals surface area (Å²) in [5.41, 5.74) is 0. The van der Waals surface area contributed by atoms with Crippen molar-refractivity contribution in [1.29, 1.82) is 0 Å². The number of methoxy groups -OCH3 is 1. The Labute approximate surface area is 160 Å². The molecule has 146 valence electrons. The molecule has 0 atom stereocenters. The van der Waals surface area contributed by atoms with Gasteiger partial charge in [-0.15, -0.1) is 21.5 Å². The zero-order valence-electron chi connectivity index (χ0n) is 15.0. The van der Waals surface area contributed by atoms with Crippen molar-refractivity contribution in [3.05, 3.63) is 21.9 Å². The first-order valence-corrected chi connectivity index (χ1v) is 9.79. The molecular formula is C17H22N4O5S. The fourth-order valence-corrected chi connectivity index (χ4v) is 4.24. The number of carbonyl (C=O) groups excluding carboxylic acids is 1. The van der Waals surface area contributed by atoms with Crippen LogP contribution in [0, 0.1) is 0 Å². The van der Waals surface area contributed by atoms with Gasteiger partial charge in [0.2, 0.25) is 0 Å². The number of ether oxygens (including phenoxy) is 3. The molecule has 3 heterocycles. The van der Waals surface area contributed by atoms with Gasteiger partial charge in [-0.05, 0) is 12.8 Å². The summed E-state index contributed by atoms with van der Waals surface area (Å²) in [6, 6.07) is 0.0786. The zero-order valence-corrected chi connectivity index (χ0v) is 15.8. The van der Waals surface area contributed by atoms with Crippen LogP contribution in [-0.4, -0.2) is 58.8 Å². The fourth-order valence-electron chi connectivity index (χ4n) is 3.41. The minimum atomic E-state index is -0.158. The molecule has 2 aromatic rings. The first-order chi connectivity index (χ1) is 13.2. The largest absolute Gasteiger partial charge is 0.485 e. The second kappa shape index (κ2) is 7.83. The minimum absolute atomic E-state index is 0.0786. The average molecular weight is 394 g/mol. The molecule has 2 aliphatic rings. The van der Waals surface area contributed by atoms with E-state index >= 15 is 0 Å². The van der Waals surface area contributed by atoms with Crippen LogP contribution in [0.25, 0.3) is 0 Å². The molecule has 2 aromatic heterocycles. The van der Waals surface area contributed by atoms with Crippen molar-refractivity contribution in [3.63, 3.8) is 0 Å². The van der Waals surface area contributed by atoms with Crippen LogP contribution < -0.4 is 14.8 Å². The summed E-state index contributed by atoms with van der Waals surface area (Å²) >= 11 is 1.33. The molecule has 1 amide bonds. The van der Waals surface area contributed by atoms with Gasteiger partial charge in [-0.1, -0.05) is 0 Å². The predicted molar refractivity (Wildman–Crippen MR) is 96.4 cm³/mol. The van der Waals surface area contributed by atoms with Crippen LogP contribution >= 0.6 is 11.3 Å². The molecule has 1 aliphatic carbocycles. The standard InChI is InChI=1S/C17H22N4O5S/c1-24-3-2-21-13(8-22)19-20-16(21)10-6-11(7-10)18-17(23)15-14-12(9-27-15)25-4-5-26-14/h9-11,22H,2-8H2,1H3,(H,18,23). The zero-order chi connectivity index (χ0) is 18.8. The Bertz CT molecular complexity index is 814. The molecule has 2 N–H and O–H groups in total. The Morgan fingerprint density at radius 1 is 1.41 bits per heavy atom. The molecule has 0 radical (unpaired) electrons. The van der Waals surface area contributed by atoms with Crippen LogP contribution in [0.15, 0.2) is 5.38 Å². The maximum Gasteiger partial charge on any atom is 0.265 e. The van der Waals surface area contributed by atoms with Crippen molar-refractivity contribution in [2.45, 2.75) is 38.0 Å². The van der Waals surface area contributed by atoms with Gasteiger partial charge in [-0.2, -0.15) is 0 Å². The number of aromatic nitrogens is 3. The molecule has 0 spiro atoms. The Morgan fingerprint density at radius 3 is 3.00 bits per heavy atom. The first-order valence-electron chi connectivity index (χ1n) is 8.91. The van der Waals surface area contributed by atoms with E-state index in [-0.39, 0.29) is 24.5 Å². The van der Waals surface area contributed by atoms with Gasteiger partial charge in [0, 0.05) is 31.0 Å². The molecule has 9 nitrogen and oxygen atoms in total. The number of aliphatic hydroxyl groups is 1. The van der Waals surface area contributed by atoms with Crippen LogP contribution in [0.5, 0.6) is 11.5 Å². The van der Waals surface area contributed by atoms with Crippen molar-refractivity contribution in [3.8, 4) is 11.5 Å². The number of amides is 1. The summed E-state index contributed by atoms with van der Waals surface area (Å²) in [5.74, 6) is 2.64. The van der Waals surface area contributed by atoms with Crippen molar-refractivity contribution in [2.75, 3.05) is 26.9 Å². The molecular weight excluding hydrogens is 372 g/mol. The molecule has 0 saturated heterocycles. The normalized spacial score (nSPS) is 21.0. The highest BCUT2D eigenvalue weighted by Crippen LogP contribution is 2.40. The number of carbonyl (C=O) groups is 1. The summed E-state index contributed by atoms with van der Waals surface area (Å²) in [6.07, 6.45) is 1.57. The number of nitrogens with zero attached hydrogens (tertiary/aromatic N) is 3. The van der Waals surface area contributed by atoms with E-state index in [1.807, 2.05) is 9.95 Å². The number of hydrogen-bond donors (Lipinski definition) is 2. The second-order valence-electron chi connectivity index (χ2n) is 6.57. The van der Waals surface area contributed by atoms with Gasteiger partial charge in [-0.25, -0.2) is 0 Å². The highest BCUT2D eigenvalue weighted by Gasteiger charge is 2.36. The van der Waals surface area contributed by atoms with Gasteiger partial charge in [0.05, 0.1) is 6.61 Å². The van der Waals surface area contributed by atoms with Gasteiger partial charge in [-0.3, -0.25) is 4.79 Å². The van der Waals surface area contributed by atoms with E-state index in [0.29, 0.717) is 48.6 Å². The molecule has 0 bridgehead atoms. The third-order valence-corrected chi connectivity index (χ3v) is 5.80. The number of aliphatic hydroxyl groups excluding tert-OH is 1. The molecule has 10 heteroatoms. The summed E-state index contributed by atoms with van der Waals surface area (Å²) < 4.78 is 18.1. The summed E-state index contributed by atoms with van der Waals surface area (Å²) in [6.45, 7) is 1.93. The second-order valence-corrected chi connectivity index (χ2v) is 7.45. The lowest BCUT2D eigenvalue weighted by Crippen LogP contribution is -2.44. The summed E-state index contributed by atoms with van der Waals surface area (Å²) in [4.78, 5) is 13.1. The Morgan fingerprint density at radius 2 is 2.22 bits per heavy atom. The van der Waals surface area contributed by atoms with Gasteiger partial charge >= 0.3 is 0 Å².